The summed E-state index contributed by atoms with van der Waals surface area (Å²) in [6, 6.07) is 4.55. The van der Waals surface area contributed by atoms with Crippen molar-refractivity contribution in [2.24, 2.45) is 5.92 Å². The van der Waals surface area contributed by atoms with Gasteiger partial charge in [0.1, 0.15) is 5.82 Å². The number of anilines is 1. The van der Waals surface area contributed by atoms with Gasteiger partial charge in [0.05, 0.1) is 16.1 Å². The van der Waals surface area contributed by atoms with Gasteiger partial charge < -0.3 is 10.6 Å². The number of carbonyl (C=O) groups is 1. The summed E-state index contributed by atoms with van der Waals surface area (Å²) < 4.78 is 13.9. The van der Waals surface area contributed by atoms with E-state index in [2.05, 4.69) is 15.6 Å². The summed E-state index contributed by atoms with van der Waals surface area (Å²) in [4.78, 5) is 16.0. The predicted octanol–water partition coefficient (Wildman–Crippen LogP) is 2.37. The number of thiazole rings is 1. The second-order valence-electron chi connectivity index (χ2n) is 4.64. The molecule has 0 aliphatic carbocycles. The molecule has 1 aliphatic heterocycles. The minimum absolute atomic E-state index is 0.00232. The summed E-state index contributed by atoms with van der Waals surface area (Å²) >= 11 is 1.41. The number of fused-ring (bicyclic) bond motifs is 1. The zero-order chi connectivity index (χ0) is 13.2. The van der Waals surface area contributed by atoms with Crippen LogP contribution in [0.1, 0.15) is 12.8 Å². The van der Waals surface area contributed by atoms with Crippen LogP contribution in [0.15, 0.2) is 18.2 Å². The zero-order valence-corrected chi connectivity index (χ0v) is 11.1. The summed E-state index contributed by atoms with van der Waals surface area (Å²) in [6.45, 7) is 1.35. The minimum Gasteiger partial charge on any atom is -0.361 e. The van der Waals surface area contributed by atoms with Crippen LogP contribution in [0.5, 0.6) is 0 Å². The molecule has 1 aromatic carbocycles. The molecular weight excluding hydrogens is 265 g/mol. The van der Waals surface area contributed by atoms with Crippen molar-refractivity contribution in [2.75, 3.05) is 18.4 Å². The maximum absolute atomic E-state index is 13.1. The molecule has 1 aromatic heterocycles. The van der Waals surface area contributed by atoms with Crippen molar-refractivity contribution >= 4 is 32.6 Å². The number of nitrogens with one attached hydrogen (secondary N) is 2. The molecule has 2 aromatic rings. The molecule has 1 fully saturated rings. The first-order valence-electron chi connectivity index (χ1n) is 6.30. The van der Waals surface area contributed by atoms with E-state index >= 15 is 0 Å². The van der Waals surface area contributed by atoms with Gasteiger partial charge in [0.15, 0.2) is 5.13 Å². The summed E-state index contributed by atoms with van der Waals surface area (Å²) in [5.41, 5.74) is 0.780. The standard InChI is InChI=1S/C13H14FN3OS/c14-9-3-4-10-11(6-9)19-13(17-10)16-7-8-2-1-5-15-12(8)18/h3-4,6,8H,1-2,5,7H2,(H,15,18)(H,16,17). The number of carbonyl (C=O) groups excluding carboxylic acids is 1. The fourth-order valence-corrected chi connectivity index (χ4v) is 3.11. The summed E-state index contributed by atoms with van der Waals surface area (Å²) in [5.74, 6) is -0.155. The number of piperidine rings is 1. The SMILES string of the molecule is O=C1NCCCC1CNc1nc2ccc(F)cc2s1. The van der Waals surface area contributed by atoms with Crippen molar-refractivity contribution in [3.05, 3.63) is 24.0 Å². The number of nitrogens with zero attached hydrogens (tertiary/aromatic N) is 1. The normalized spacial score (nSPS) is 19.4. The molecule has 1 amide bonds. The maximum Gasteiger partial charge on any atom is 0.224 e. The Balaban J connectivity index is 1.69. The van der Waals surface area contributed by atoms with Gasteiger partial charge in [-0.1, -0.05) is 11.3 Å². The topological polar surface area (TPSA) is 54.0 Å². The van der Waals surface area contributed by atoms with Gasteiger partial charge in [-0.05, 0) is 31.0 Å². The molecule has 1 aliphatic rings. The Hall–Kier alpha value is -1.69. The Morgan fingerprint density at radius 3 is 3.26 bits per heavy atom. The zero-order valence-electron chi connectivity index (χ0n) is 10.3. The summed E-state index contributed by atoms with van der Waals surface area (Å²) in [5, 5.41) is 6.77. The monoisotopic (exact) mass is 279 g/mol. The van der Waals surface area contributed by atoms with Gasteiger partial charge in [-0.2, -0.15) is 0 Å². The first kappa shape index (κ1) is 12.3. The molecule has 4 nitrogen and oxygen atoms in total. The highest BCUT2D eigenvalue weighted by Gasteiger charge is 2.21. The third-order valence-electron chi connectivity index (χ3n) is 3.25. The Bertz CT molecular complexity index is 613. The van der Waals surface area contributed by atoms with Crippen LogP contribution < -0.4 is 10.6 Å². The second-order valence-corrected chi connectivity index (χ2v) is 5.67. The van der Waals surface area contributed by atoms with E-state index in [1.54, 1.807) is 6.07 Å². The highest BCUT2D eigenvalue weighted by molar-refractivity contribution is 7.22. The van der Waals surface area contributed by atoms with Crippen LogP contribution in [-0.4, -0.2) is 24.0 Å². The van der Waals surface area contributed by atoms with E-state index in [0.717, 1.165) is 34.7 Å². The van der Waals surface area contributed by atoms with Crippen molar-refractivity contribution in [1.82, 2.24) is 10.3 Å². The Kier molecular flexibility index (Phi) is 3.33. The van der Waals surface area contributed by atoms with E-state index in [9.17, 15) is 9.18 Å². The van der Waals surface area contributed by atoms with E-state index < -0.39 is 0 Å². The summed E-state index contributed by atoms with van der Waals surface area (Å²) in [6.07, 6.45) is 1.92. The van der Waals surface area contributed by atoms with Crippen molar-refractivity contribution in [2.45, 2.75) is 12.8 Å². The lowest BCUT2D eigenvalue weighted by Gasteiger charge is -2.21. The molecule has 2 N–H and O–H groups in total. The Morgan fingerprint density at radius 1 is 1.53 bits per heavy atom. The molecule has 6 heteroatoms. The first-order chi connectivity index (χ1) is 9.22. The molecule has 19 heavy (non-hydrogen) atoms. The fourth-order valence-electron chi connectivity index (χ4n) is 2.21. The largest absolute Gasteiger partial charge is 0.361 e. The van der Waals surface area contributed by atoms with Crippen molar-refractivity contribution < 1.29 is 9.18 Å². The van der Waals surface area contributed by atoms with Crippen LogP contribution in [0.3, 0.4) is 0 Å². The Labute approximate surface area is 114 Å². The van der Waals surface area contributed by atoms with E-state index in [1.165, 1.54) is 23.5 Å². The highest BCUT2D eigenvalue weighted by atomic mass is 32.1. The van der Waals surface area contributed by atoms with E-state index in [1.807, 2.05) is 0 Å². The molecule has 0 spiro atoms. The van der Waals surface area contributed by atoms with Gasteiger partial charge in [-0.15, -0.1) is 0 Å². The van der Waals surface area contributed by atoms with Crippen LogP contribution in [0.2, 0.25) is 0 Å². The molecule has 1 unspecified atom stereocenters. The molecule has 0 radical (unpaired) electrons. The van der Waals surface area contributed by atoms with Crippen molar-refractivity contribution in [3.8, 4) is 0 Å². The van der Waals surface area contributed by atoms with E-state index in [0.29, 0.717) is 6.54 Å². The molecule has 1 atom stereocenters. The van der Waals surface area contributed by atoms with Crippen LogP contribution in [0, 0.1) is 11.7 Å². The van der Waals surface area contributed by atoms with Gasteiger partial charge in [0.2, 0.25) is 5.91 Å². The van der Waals surface area contributed by atoms with Gasteiger partial charge in [-0.25, -0.2) is 9.37 Å². The first-order valence-corrected chi connectivity index (χ1v) is 7.12. The lowest BCUT2D eigenvalue weighted by Crippen LogP contribution is -2.39. The van der Waals surface area contributed by atoms with Gasteiger partial charge >= 0.3 is 0 Å². The third-order valence-corrected chi connectivity index (χ3v) is 4.23. The molecular formula is C13H14FN3OS. The van der Waals surface area contributed by atoms with Crippen LogP contribution in [0.25, 0.3) is 10.2 Å². The average Bonchev–Trinajstić information content (AvgIpc) is 2.79. The van der Waals surface area contributed by atoms with Crippen molar-refractivity contribution in [3.63, 3.8) is 0 Å². The number of hydrogen-bond acceptors (Lipinski definition) is 4. The molecule has 100 valence electrons. The average molecular weight is 279 g/mol. The Morgan fingerprint density at radius 2 is 2.42 bits per heavy atom. The number of rotatable bonds is 3. The lowest BCUT2D eigenvalue weighted by atomic mass is 9.99. The minimum atomic E-state index is -0.255. The molecule has 0 bridgehead atoms. The molecule has 1 saturated heterocycles. The maximum atomic E-state index is 13.1. The molecule has 2 heterocycles. The molecule has 0 saturated carbocycles. The number of benzene rings is 1. The van der Waals surface area contributed by atoms with Crippen LogP contribution in [0.4, 0.5) is 9.52 Å². The quantitative estimate of drug-likeness (QED) is 0.907. The predicted molar refractivity (Wildman–Crippen MR) is 73.8 cm³/mol. The lowest BCUT2D eigenvalue weighted by molar-refractivity contribution is -0.126. The van der Waals surface area contributed by atoms with Gasteiger partial charge in [0.25, 0.3) is 0 Å². The van der Waals surface area contributed by atoms with Gasteiger partial charge in [-0.3, -0.25) is 4.79 Å². The summed E-state index contributed by atoms with van der Waals surface area (Å²) in [7, 11) is 0. The fraction of sp³-hybridized carbons (Fsp3) is 0.385. The van der Waals surface area contributed by atoms with Crippen LogP contribution in [-0.2, 0) is 4.79 Å². The smallest absolute Gasteiger partial charge is 0.224 e. The third kappa shape index (κ3) is 2.68. The molecule has 3 rings (SSSR count). The number of hydrogen-bond donors (Lipinski definition) is 2. The number of amides is 1. The number of halogens is 1. The van der Waals surface area contributed by atoms with E-state index in [-0.39, 0.29) is 17.6 Å². The van der Waals surface area contributed by atoms with Crippen molar-refractivity contribution in [1.29, 1.82) is 0 Å². The second kappa shape index (κ2) is 5.13. The van der Waals surface area contributed by atoms with Gasteiger partial charge in [0, 0.05) is 13.1 Å². The van der Waals surface area contributed by atoms with Crippen LogP contribution >= 0.6 is 11.3 Å². The van der Waals surface area contributed by atoms with E-state index in [4.69, 9.17) is 0 Å². The number of aromatic nitrogens is 1. The highest BCUT2D eigenvalue weighted by Crippen LogP contribution is 2.26.